The maximum Gasteiger partial charge on any atom is 0.471 e. The van der Waals surface area contributed by atoms with Gasteiger partial charge in [-0.3, -0.25) is 24.0 Å². The molecule has 0 saturated carbocycles. The van der Waals surface area contributed by atoms with Gasteiger partial charge in [-0.2, -0.15) is 13.2 Å². The molecule has 34 heavy (non-hydrogen) atoms. The van der Waals surface area contributed by atoms with Crippen molar-refractivity contribution in [2.75, 3.05) is 19.8 Å². The third kappa shape index (κ3) is 9.91. The lowest BCUT2D eigenvalue weighted by Gasteiger charge is -2.44. The first-order valence-corrected chi connectivity index (χ1v) is 10.1. The van der Waals surface area contributed by atoms with Crippen molar-refractivity contribution in [2.24, 2.45) is 0 Å². The van der Waals surface area contributed by atoms with Crippen molar-refractivity contribution in [1.29, 1.82) is 0 Å². The minimum atomic E-state index is -5.03. The molecule has 1 aliphatic rings. The van der Waals surface area contributed by atoms with E-state index >= 15 is 0 Å². The zero-order chi connectivity index (χ0) is 26.1. The lowest BCUT2D eigenvalue weighted by atomic mass is 9.96. The average molecular weight is 500 g/mol. The highest BCUT2D eigenvalue weighted by Gasteiger charge is 2.51. The minimum absolute atomic E-state index is 0.0747. The number of hydrogen-bond acceptors (Lipinski definition) is 10. The normalized spacial score (nSPS) is 24.5. The number of halogens is 3. The second-order valence-corrected chi connectivity index (χ2v) is 7.20. The van der Waals surface area contributed by atoms with Crippen LogP contribution in [0.5, 0.6) is 0 Å². The van der Waals surface area contributed by atoms with Gasteiger partial charge in [-0.15, -0.1) is 0 Å². The zero-order valence-corrected chi connectivity index (χ0v) is 18.9. The van der Waals surface area contributed by atoms with Crippen LogP contribution >= 0.6 is 0 Å². The maximum atomic E-state index is 12.3. The first kappa shape index (κ1) is 29.1. The Hall–Kier alpha value is -2.94. The lowest BCUT2D eigenvalue weighted by Crippen LogP contribution is -2.66. The molecule has 1 aliphatic heterocycles. The van der Waals surface area contributed by atoms with E-state index in [4.69, 9.17) is 23.7 Å². The standard InChI is InChI=1S/C19H27F3N2O10/c1-9(25)24-14-16(33-12(4)28)15(32-11(3)27)13(8-31-10(2)26)34-17(14)30-7-5-6-23-18(29)19(20,21)22/h13-17H,5-8H2,1-4H3,(H,23,29)(H,24,25)/t13-,14?,15?,16-,17-/m1/s1. The largest absolute Gasteiger partial charge is 0.471 e. The SMILES string of the molecule is CC(=O)NC1[C@H](OCCCNC(=O)C(F)(F)F)O[C@H](COC(C)=O)C(OC(C)=O)[C@@H]1OC(C)=O. The first-order chi connectivity index (χ1) is 15.7. The first-order valence-electron chi connectivity index (χ1n) is 10.1. The molecule has 0 radical (unpaired) electrons. The molecule has 15 heteroatoms. The van der Waals surface area contributed by atoms with E-state index in [0.29, 0.717) is 0 Å². The second-order valence-electron chi connectivity index (χ2n) is 7.20. The molecule has 0 bridgehead atoms. The lowest BCUT2D eigenvalue weighted by molar-refractivity contribution is -0.277. The van der Waals surface area contributed by atoms with Gasteiger partial charge in [-0.25, -0.2) is 0 Å². The van der Waals surface area contributed by atoms with E-state index in [1.807, 2.05) is 0 Å². The zero-order valence-electron chi connectivity index (χ0n) is 18.9. The van der Waals surface area contributed by atoms with Crippen molar-refractivity contribution in [3.8, 4) is 0 Å². The van der Waals surface area contributed by atoms with Crippen LogP contribution in [0, 0.1) is 0 Å². The van der Waals surface area contributed by atoms with Crippen LogP contribution in [0.1, 0.15) is 34.1 Å². The maximum absolute atomic E-state index is 12.3. The van der Waals surface area contributed by atoms with Crippen molar-refractivity contribution in [2.45, 2.75) is 70.9 Å². The van der Waals surface area contributed by atoms with Crippen LogP contribution in [-0.4, -0.2) is 86.3 Å². The summed E-state index contributed by atoms with van der Waals surface area (Å²) in [5.41, 5.74) is 0. The Balaban J connectivity index is 3.04. The number of esters is 3. The Morgan fingerprint density at radius 1 is 0.912 bits per heavy atom. The van der Waals surface area contributed by atoms with Gasteiger partial charge < -0.3 is 34.3 Å². The summed E-state index contributed by atoms with van der Waals surface area (Å²) in [7, 11) is 0. The summed E-state index contributed by atoms with van der Waals surface area (Å²) in [6.45, 7) is 3.38. The van der Waals surface area contributed by atoms with E-state index in [1.54, 1.807) is 5.32 Å². The summed E-state index contributed by atoms with van der Waals surface area (Å²) in [4.78, 5) is 57.3. The molecule has 194 valence electrons. The molecule has 1 rings (SSSR count). The quantitative estimate of drug-likeness (QED) is 0.233. The van der Waals surface area contributed by atoms with Crippen LogP contribution in [0.25, 0.3) is 0 Å². The highest BCUT2D eigenvalue weighted by Crippen LogP contribution is 2.28. The van der Waals surface area contributed by atoms with E-state index in [0.717, 1.165) is 27.7 Å². The molecule has 2 amide bonds. The molecule has 12 nitrogen and oxygen atoms in total. The number of carbonyl (C=O) groups is 5. The van der Waals surface area contributed by atoms with Gasteiger partial charge in [-0.05, 0) is 6.42 Å². The second kappa shape index (κ2) is 13.1. The molecule has 1 fully saturated rings. The fourth-order valence-electron chi connectivity index (χ4n) is 3.01. The monoisotopic (exact) mass is 500 g/mol. The van der Waals surface area contributed by atoms with E-state index in [-0.39, 0.29) is 19.6 Å². The van der Waals surface area contributed by atoms with E-state index in [2.05, 4.69) is 5.32 Å². The van der Waals surface area contributed by atoms with Gasteiger partial charge in [0.05, 0.1) is 6.61 Å². The smallest absolute Gasteiger partial charge is 0.463 e. The molecular weight excluding hydrogens is 473 g/mol. The molecule has 0 aromatic heterocycles. The predicted molar refractivity (Wildman–Crippen MR) is 104 cm³/mol. The fourth-order valence-corrected chi connectivity index (χ4v) is 3.01. The Morgan fingerprint density at radius 2 is 1.50 bits per heavy atom. The highest BCUT2D eigenvalue weighted by atomic mass is 19.4. The molecule has 5 atom stereocenters. The molecule has 0 aliphatic carbocycles. The molecule has 2 unspecified atom stereocenters. The Kier molecular flexibility index (Phi) is 11.2. The van der Waals surface area contributed by atoms with E-state index in [9.17, 15) is 37.1 Å². The van der Waals surface area contributed by atoms with E-state index < -0.39 is 73.1 Å². The van der Waals surface area contributed by atoms with Gasteiger partial charge in [-0.1, -0.05) is 0 Å². The summed E-state index contributed by atoms with van der Waals surface area (Å²) < 4.78 is 63.4. The van der Waals surface area contributed by atoms with Crippen molar-refractivity contribution >= 4 is 29.7 Å². The fraction of sp³-hybridized carbons (Fsp3) is 0.737. The summed E-state index contributed by atoms with van der Waals surface area (Å²) in [5.74, 6) is -4.95. The minimum Gasteiger partial charge on any atom is -0.463 e. The van der Waals surface area contributed by atoms with Crippen molar-refractivity contribution in [1.82, 2.24) is 10.6 Å². The number of carbonyl (C=O) groups excluding carboxylic acids is 5. The van der Waals surface area contributed by atoms with Crippen LogP contribution in [0.2, 0.25) is 0 Å². The van der Waals surface area contributed by atoms with Crippen LogP contribution in [0.3, 0.4) is 0 Å². The summed E-state index contributed by atoms with van der Waals surface area (Å²) >= 11 is 0. The van der Waals surface area contributed by atoms with Gasteiger partial charge in [0, 0.05) is 34.2 Å². The number of rotatable bonds is 10. The Labute approximate surface area is 192 Å². The van der Waals surface area contributed by atoms with Crippen molar-refractivity contribution in [3.63, 3.8) is 0 Å². The van der Waals surface area contributed by atoms with Gasteiger partial charge >= 0.3 is 30.0 Å². The molecular formula is C19H27F3N2O10. The van der Waals surface area contributed by atoms with Crippen LogP contribution in [-0.2, 0) is 47.7 Å². The number of hydrogen-bond donors (Lipinski definition) is 2. The van der Waals surface area contributed by atoms with Crippen molar-refractivity contribution in [3.05, 3.63) is 0 Å². The molecule has 0 spiro atoms. The average Bonchev–Trinajstić information content (AvgIpc) is 2.68. The Morgan fingerprint density at radius 3 is 2.00 bits per heavy atom. The molecule has 1 heterocycles. The third-order valence-electron chi connectivity index (χ3n) is 4.22. The molecule has 2 N–H and O–H groups in total. The highest BCUT2D eigenvalue weighted by molar-refractivity contribution is 5.81. The number of ether oxygens (including phenoxy) is 5. The summed E-state index contributed by atoms with van der Waals surface area (Å²) in [6.07, 6.45) is -10.3. The van der Waals surface area contributed by atoms with Gasteiger partial charge in [0.15, 0.2) is 18.5 Å². The third-order valence-corrected chi connectivity index (χ3v) is 4.22. The summed E-state index contributed by atoms with van der Waals surface area (Å²) in [6, 6.07) is -1.20. The molecule has 0 aromatic rings. The topological polar surface area (TPSA) is 156 Å². The van der Waals surface area contributed by atoms with Gasteiger partial charge in [0.2, 0.25) is 5.91 Å². The summed E-state index contributed by atoms with van der Waals surface area (Å²) in [5, 5.41) is 4.14. The van der Waals surface area contributed by atoms with Crippen LogP contribution in [0.15, 0.2) is 0 Å². The molecule has 1 saturated heterocycles. The van der Waals surface area contributed by atoms with Crippen molar-refractivity contribution < 1.29 is 60.8 Å². The van der Waals surface area contributed by atoms with Crippen LogP contribution < -0.4 is 10.6 Å². The van der Waals surface area contributed by atoms with Crippen LogP contribution in [0.4, 0.5) is 13.2 Å². The molecule has 0 aromatic carbocycles. The Bertz CT molecular complexity index is 761. The van der Waals surface area contributed by atoms with Gasteiger partial charge in [0.25, 0.3) is 0 Å². The van der Waals surface area contributed by atoms with E-state index in [1.165, 1.54) is 0 Å². The number of alkyl halides is 3. The number of nitrogens with one attached hydrogen (secondary N) is 2. The van der Waals surface area contributed by atoms with Gasteiger partial charge in [0.1, 0.15) is 18.8 Å². The number of amides is 2. The predicted octanol–water partition coefficient (Wildman–Crippen LogP) is -0.272.